The number of hydrogen-bond donors (Lipinski definition) is 0. The van der Waals surface area contributed by atoms with Crippen LogP contribution < -0.4 is 18.9 Å². The molecule has 12 atom stereocenters. The topological polar surface area (TPSA) is 273 Å². The summed E-state index contributed by atoms with van der Waals surface area (Å²) in [6.07, 6.45) is 25.4. The summed E-state index contributed by atoms with van der Waals surface area (Å²) in [5, 5.41) is 0. The Hall–Kier alpha value is -13.1. The second-order valence-electron chi connectivity index (χ2n) is 35.0. The number of amides is 4. The molecule has 8 aliphatic rings. The number of likely N-dealkylation sites (tertiary alicyclic amines) is 4. The highest BCUT2D eigenvalue weighted by Gasteiger charge is 2.53. The lowest BCUT2D eigenvalue weighted by Crippen LogP contribution is -2.47. The van der Waals surface area contributed by atoms with E-state index in [1.165, 1.54) is 0 Å². The summed E-state index contributed by atoms with van der Waals surface area (Å²) in [5.41, 5.74) is 20.3. The molecule has 24 nitrogen and oxygen atoms in total. The van der Waals surface area contributed by atoms with E-state index in [2.05, 4.69) is 54.8 Å². The second-order valence-corrected chi connectivity index (χ2v) is 35.0. The average Bonchev–Trinajstić information content (AvgIpc) is 1.73. The van der Waals surface area contributed by atoms with E-state index in [9.17, 15) is 19.2 Å². The fourth-order valence-corrected chi connectivity index (χ4v) is 19.3. The molecule has 0 radical (unpaired) electrons. The quantitative estimate of drug-likeness (QED) is 0.0869. The normalized spacial score (nSPS) is 22.0. The van der Waals surface area contributed by atoms with Crippen molar-refractivity contribution in [2.75, 3.05) is 26.2 Å². The zero-order chi connectivity index (χ0) is 86.1. The third kappa shape index (κ3) is 17.8. The number of nitrogens with zero attached hydrogens (tertiary/aromatic N) is 16. The van der Waals surface area contributed by atoms with Gasteiger partial charge in [0.05, 0.1) is 58.1 Å². The summed E-state index contributed by atoms with van der Waals surface area (Å²) in [6, 6.07) is 43.0. The highest BCUT2D eigenvalue weighted by atomic mass is 16.5. The lowest BCUT2D eigenvalue weighted by atomic mass is 10.0. The van der Waals surface area contributed by atoms with Gasteiger partial charge < -0.3 is 38.5 Å². The van der Waals surface area contributed by atoms with Crippen LogP contribution in [0.25, 0.3) is 45.3 Å². The molecule has 24 heteroatoms. The lowest BCUT2D eigenvalue weighted by molar-refractivity contribution is 0.0459. The van der Waals surface area contributed by atoms with Crippen molar-refractivity contribution >= 4 is 23.6 Å². The van der Waals surface area contributed by atoms with Crippen LogP contribution in [0.3, 0.4) is 0 Å². The summed E-state index contributed by atoms with van der Waals surface area (Å²) >= 11 is 0. The van der Waals surface area contributed by atoms with Crippen molar-refractivity contribution in [1.82, 2.24) is 79.4 Å². The van der Waals surface area contributed by atoms with Crippen LogP contribution in [0.5, 0.6) is 23.5 Å². The minimum absolute atomic E-state index is 0.00483. The molecule has 20 rings (SSSR count). The molecule has 12 aromatic heterocycles. The van der Waals surface area contributed by atoms with E-state index in [-0.39, 0.29) is 72.2 Å². The predicted molar refractivity (Wildman–Crippen MR) is 472 cm³/mol. The highest BCUT2D eigenvalue weighted by Crippen LogP contribution is 2.46. The molecule has 0 N–H and O–H groups in total. The Morgan fingerprint density at radius 1 is 0.282 bits per heavy atom. The number of carbonyl (C=O) groups excluding carboxylic acids is 4. The van der Waals surface area contributed by atoms with Crippen LogP contribution in [0.1, 0.15) is 160 Å². The van der Waals surface area contributed by atoms with Gasteiger partial charge in [0.1, 0.15) is 47.2 Å². The monoisotopic (exact) mass is 1660 g/mol. The summed E-state index contributed by atoms with van der Waals surface area (Å²) in [6.45, 7) is 26.9. The highest BCUT2D eigenvalue weighted by molar-refractivity contribution is 6.02. The first-order valence-electron chi connectivity index (χ1n) is 43.2. The molecule has 4 saturated carbocycles. The predicted octanol–water partition coefficient (Wildman–Crippen LogP) is 16.6. The standard InChI is InChI=1S/4C25H26N4O2/c1-15-6-9-22(27-13-15)31-21-12-18-11-20(21)29(14-18)25(30)19-8-7-17(3)28-24(19)23-16(2)5-4-10-26-23;1-15-6-9-22(27-13-15)31-21-12-18-11-20(21)29(14-18)25(30)24-19(8-7-17(3)28-24)23-16(2)5-4-10-26-23;1-15-6-7-22(27-12-15)31-21-11-18-10-20(21)29(14-18)25(30)19-9-16(2)13-28-24(19)23-17(3)5-4-8-26-23;1-15-6-7-22(27-12-15)31-21-11-18-10-20(21)29(14-18)25(30)24-19(9-16(2)13-28-24)23-17(3)5-4-8-26-23/h2*4-10,13,18,20-21H,11-12,14H2,1-3H3;2*4-9,12-13,18,20-21H,10-11,14H2,1-3H3. The Labute approximate surface area is 723 Å². The molecule has 16 heterocycles. The number of hydrogen-bond acceptors (Lipinski definition) is 20. The van der Waals surface area contributed by atoms with E-state index in [4.69, 9.17) is 23.9 Å². The van der Waals surface area contributed by atoms with E-state index < -0.39 is 0 Å². The minimum Gasteiger partial charge on any atom is -0.472 e. The number of aryl methyl sites for hydroxylation is 12. The Kier molecular flexibility index (Phi) is 24.0. The van der Waals surface area contributed by atoms with Crippen molar-refractivity contribution in [2.45, 2.75) is 183 Å². The van der Waals surface area contributed by atoms with E-state index in [0.29, 0.717) is 81.1 Å². The number of piperidine rings is 4. The van der Waals surface area contributed by atoms with Crippen molar-refractivity contribution in [3.63, 3.8) is 0 Å². The largest absolute Gasteiger partial charge is 0.472 e. The van der Waals surface area contributed by atoms with Gasteiger partial charge in [0.2, 0.25) is 23.5 Å². The van der Waals surface area contributed by atoms with Gasteiger partial charge >= 0.3 is 0 Å². The third-order valence-corrected chi connectivity index (χ3v) is 25.3. The van der Waals surface area contributed by atoms with Crippen LogP contribution >= 0.6 is 0 Å². The number of fused-ring (bicyclic) bond motifs is 8. The molecule has 12 unspecified atom stereocenters. The van der Waals surface area contributed by atoms with Gasteiger partial charge in [-0.3, -0.25) is 54.1 Å². The van der Waals surface area contributed by atoms with E-state index in [1.54, 1.807) is 37.2 Å². The van der Waals surface area contributed by atoms with Crippen LogP contribution in [0.15, 0.2) is 195 Å². The number of aromatic nitrogens is 12. The van der Waals surface area contributed by atoms with Gasteiger partial charge in [-0.05, 0) is 274 Å². The van der Waals surface area contributed by atoms with Gasteiger partial charge in [0.15, 0.2) is 0 Å². The molecule has 8 bridgehead atoms. The maximum Gasteiger partial charge on any atom is 0.273 e. The number of rotatable bonds is 16. The molecule has 4 aliphatic heterocycles. The maximum absolute atomic E-state index is 13.7. The maximum atomic E-state index is 13.7. The Morgan fingerprint density at radius 2 is 0.621 bits per heavy atom. The molecule has 4 saturated heterocycles. The van der Waals surface area contributed by atoms with Gasteiger partial charge in [-0.1, -0.05) is 48.5 Å². The first kappa shape index (κ1) is 83.2. The van der Waals surface area contributed by atoms with Gasteiger partial charge in [0, 0.05) is 135 Å². The summed E-state index contributed by atoms with van der Waals surface area (Å²) in [5.74, 6) is 4.24. The van der Waals surface area contributed by atoms with Gasteiger partial charge in [-0.15, -0.1) is 0 Å². The number of pyridine rings is 12. The second kappa shape index (κ2) is 35.8. The van der Waals surface area contributed by atoms with Gasteiger partial charge in [-0.2, -0.15) is 0 Å². The molecule has 0 aromatic carbocycles. The molecular formula is C100H104N16O8. The van der Waals surface area contributed by atoms with Crippen LogP contribution in [0.4, 0.5) is 0 Å². The van der Waals surface area contributed by atoms with E-state index in [1.807, 2.05) is 261 Å². The summed E-state index contributed by atoms with van der Waals surface area (Å²) < 4.78 is 24.8. The van der Waals surface area contributed by atoms with Crippen LogP contribution in [-0.2, 0) is 0 Å². The first-order chi connectivity index (χ1) is 60.0. The van der Waals surface area contributed by atoms with Crippen LogP contribution in [0.2, 0.25) is 0 Å². The summed E-state index contributed by atoms with van der Waals surface area (Å²) in [7, 11) is 0. The molecule has 4 amide bonds. The van der Waals surface area contributed by atoms with Crippen LogP contribution in [0, 0.1) is 107 Å². The summed E-state index contributed by atoms with van der Waals surface area (Å²) in [4.78, 5) is 117. The fourth-order valence-electron chi connectivity index (χ4n) is 19.3. The fraction of sp³-hybridized carbons (Fsp3) is 0.360. The third-order valence-electron chi connectivity index (χ3n) is 25.3. The average molecular weight is 1660 g/mol. The molecule has 12 aromatic rings. The van der Waals surface area contributed by atoms with Crippen molar-refractivity contribution in [2.24, 2.45) is 23.7 Å². The molecule has 4 aliphatic carbocycles. The zero-order valence-corrected chi connectivity index (χ0v) is 72.3. The minimum atomic E-state index is -0.0438. The van der Waals surface area contributed by atoms with E-state index >= 15 is 0 Å². The molecule has 0 spiro atoms. The van der Waals surface area contributed by atoms with Crippen LogP contribution in [-0.4, -0.2) is 178 Å². The SMILES string of the molecule is Cc1ccc(OC2CC3CC2N(C(=O)c2cc(C)cnc2-c2ncccc2C)C3)nc1.Cc1ccc(OC2CC3CC2N(C(=O)c2ccc(C)nc2-c2ncccc2C)C3)nc1.Cc1ccc(OC2CC3CC2N(C(=O)c2nc(C)ccc2-c2ncccc2C)C3)nc1.Cc1ccc(OC2CC3CC2N(C(=O)c2ncc(C)cc2-c2ncccc2C)C3)nc1. The van der Waals surface area contributed by atoms with Crippen molar-refractivity contribution < 1.29 is 38.1 Å². The number of carbonyl (C=O) groups is 4. The molecule has 8 fully saturated rings. The molecular weight excluding hydrogens is 1550 g/mol. The smallest absolute Gasteiger partial charge is 0.273 e. The van der Waals surface area contributed by atoms with Crippen molar-refractivity contribution in [3.05, 3.63) is 285 Å². The molecule has 124 heavy (non-hydrogen) atoms. The Balaban J connectivity index is 0.000000117. The Morgan fingerprint density at radius 3 is 1.02 bits per heavy atom. The number of ether oxygens (including phenoxy) is 4. The molecule has 632 valence electrons. The zero-order valence-electron chi connectivity index (χ0n) is 72.3. The van der Waals surface area contributed by atoms with Gasteiger partial charge in [-0.25, -0.2) is 24.9 Å². The Bertz CT molecular complexity index is 5600. The lowest BCUT2D eigenvalue weighted by Gasteiger charge is -2.33. The van der Waals surface area contributed by atoms with E-state index in [0.717, 1.165) is 178 Å². The van der Waals surface area contributed by atoms with Crippen molar-refractivity contribution in [3.8, 4) is 68.8 Å². The first-order valence-corrected chi connectivity index (χ1v) is 43.2. The van der Waals surface area contributed by atoms with Gasteiger partial charge in [0.25, 0.3) is 23.6 Å². The van der Waals surface area contributed by atoms with Crippen molar-refractivity contribution in [1.29, 1.82) is 0 Å².